The predicted molar refractivity (Wildman–Crippen MR) is 395 cm³/mol. The van der Waals surface area contributed by atoms with E-state index in [0.29, 0.717) is 6.67 Å². The number of pyridine rings is 1. The van der Waals surface area contributed by atoms with Crippen molar-refractivity contribution in [3.63, 3.8) is 0 Å². The van der Waals surface area contributed by atoms with E-state index in [1.54, 1.807) is 0 Å². The first-order chi connectivity index (χ1) is 45.1. The van der Waals surface area contributed by atoms with Gasteiger partial charge in [0.05, 0.1) is 39.1 Å². The number of hydrogen-bond acceptors (Lipinski definition) is 5. The number of aryl methyl sites for hydroxylation is 2. The van der Waals surface area contributed by atoms with Crippen LogP contribution in [0.3, 0.4) is 0 Å². The maximum absolute atomic E-state index is 7.51. The molecule has 0 radical (unpaired) electrons. The Balaban J connectivity index is 0.987. The molecule has 3 aromatic heterocycles. The maximum atomic E-state index is 7.51. The van der Waals surface area contributed by atoms with Crippen molar-refractivity contribution < 1.29 is 4.74 Å². The molecule has 0 unspecified atom stereocenters. The number of nitrogens with zero attached hydrogens (tertiary/aromatic N) is 6. The Labute approximate surface area is 555 Å². The van der Waals surface area contributed by atoms with Crippen LogP contribution >= 0.6 is 0 Å². The molecule has 7 heteroatoms. The van der Waals surface area contributed by atoms with E-state index in [1.165, 1.54) is 55.7 Å². The summed E-state index contributed by atoms with van der Waals surface area (Å²) in [5.41, 5.74) is 25.0. The Hall–Kier alpha value is -9.98. The normalized spacial score (nSPS) is 13.7. The highest BCUT2D eigenvalue weighted by Crippen LogP contribution is 2.55. The van der Waals surface area contributed by atoms with Crippen molar-refractivity contribution in [2.45, 2.75) is 131 Å². The fraction of sp³-hybridized carbons (Fsp3) is 0.241. The minimum Gasteiger partial charge on any atom is -0.457 e. The Morgan fingerprint density at radius 1 is 0.394 bits per heavy atom. The Kier molecular flexibility index (Phi) is 14.7. The summed E-state index contributed by atoms with van der Waals surface area (Å²) in [5.74, 6) is 3.48. The first-order valence-electron chi connectivity index (χ1n) is 33.7. The van der Waals surface area contributed by atoms with Crippen molar-refractivity contribution in [2.24, 2.45) is 0 Å². The number of benzene rings is 10. The van der Waals surface area contributed by atoms with E-state index in [2.05, 4.69) is 326 Å². The van der Waals surface area contributed by atoms with E-state index in [4.69, 9.17) is 14.7 Å². The Bertz CT molecular complexity index is 4910. The highest BCUT2D eigenvalue weighted by atomic mass is 16.5. The zero-order valence-electron chi connectivity index (χ0n) is 56.6. The summed E-state index contributed by atoms with van der Waals surface area (Å²) in [6, 6.07) is 83.6. The fourth-order valence-electron chi connectivity index (χ4n) is 14.4. The lowest BCUT2D eigenvalue weighted by molar-refractivity contribution is 0.483. The third-order valence-corrected chi connectivity index (χ3v) is 19.6. The zero-order chi connectivity index (χ0) is 65.0. The van der Waals surface area contributed by atoms with Crippen molar-refractivity contribution in [1.29, 1.82) is 0 Å². The molecule has 0 spiro atoms. The van der Waals surface area contributed by atoms with Crippen LogP contribution < -0.4 is 14.5 Å². The van der Waals surface area contributed by atoms with Crippen molar-refractivity contribution in [1.82, 2.24) is 19.1 Å². The number of hydrogen-bond donors (Lipinski definition) is 0. The fourth-order valence-corrected chi connectivity index (χ4v) is 14.4. The Morgan fingerprint density at radius 3 is 1.59 bits per heavy atom. The molecule has 0 saturated heterocycles. The van der Waals surface area contributed by atoms with Gasteiger partial charge in [0.15, 0.2) is 0 Å². The molecule has 0 fully saturated rings. The van der Waals surface area contributed by atoms with Crippen molar-refractivity contribution in [2.75, 3.05) is 16.5 Å². The summed E-state index contributed by atoms with van der Waals surface area (Å²) < 4.78 is 12.3. The molecule has 0 atom stereocenters. The summed E-state index contributed by atoms with van der Waals surface area (Å²) in [6.07, 6.45) is 5.17. The minimum absolute atomic E-state index is 0.0117. The third kappa shape index (κ3) is 11.0. The van der Waals surface area contributed by atoms with E-state index in [9.17, 15) is 0 Å². The van der Waals surface area contributed by atoms with Crippen molar-refractivity contribution >= 4 is 55.6 Å². The highest BCUT2D eigenvalue weighted by Gasteiger charge is 2.36. The molecule has 0 N–H and O–H groups in total. The largest absolute Gasteiger partial charge is 0.457 e. The number of rotatable bonds is 10. The average Bonchev–Trinajstić information content (AvgIpc) is 1.53. The second kappa shape index (κ2) is 22.9. The molecule has 0 bridgehead atoms. The van der Waals surface area contributed by atoms with E-state index in [0.717, 1.165) is 127 Å². The molecular weight excluding hydrogens is 1140 g/mol. The molecule has 94 heavy (non-hydrogen) atoms. The molecule has 468 valence electrons. The summed E-state index contributed by atoms with van der Waals surface area (Å²) in [5, 5.41) is 2.30. The molecule has 10 aromatic carbocycles. The number of imidazole rings is 1. The monoisotopic (exact) mass is 1230 g/mol. The Morgan fingerprint density at radius 2 is 0.968 bits per heavy atom. The lowest BCUT2D eigenvalue weighted by Gasteiger charge is -2.31. The van der Waals surface area contributed by atoms with Gasteiger partial charge >= 0.3 is 0 Å². The third-order valence-electron chi connectivity index (χ3n) is 19.6. The van der Waals surface area contributed by atoms with Crippen LogP contribution in [0.4, 0.5) is 22.7 Å². The van der Waals surface area contributed by atoms with Gasteiger partial charge in [-0.1, -0.05) is 229 Å². The van der Waals surface area contributed by atoms with E-state index < -0.39 is 0 Å². The van der Waals surface area contributed by atoms with Gasteiger partial charge in [-0.15, -0.1) is 0 Å². The lowest BCUT2D eigenvalue weighted by atomic mass is 9.81. The average molecular weight is 1230 g/mol. The van der Waals surface area contributed by atoms with Crippen LogP contribution in [0.15, 0.2) is 231 Å². The SMILES string of the molecule is CC(C)(C)c1ccc(-c2cc(C(C)(C)C)cc(-c3ccc(C(C)(C)C)cc3)c2N2CN(c3cc(Oc4ccc5c6ccccc6n(-c6cc(C(C)(C)C)ccn6)c5c4)cc(-c4c(-c5ccccc5)cccc4-c4ccccc4)c3)c3cc4nc5n(c4cc32)CCCC5)cc1. The van der Waals surface area contributed by atoms with Crippen LogP contribution in [-0.4, -0.2) is 25.8 Å². The van der Waals surface area contributed by atoms with E-state index in [1.807, 2.05) is 6.20 Å². The molecule has 2 aliphatic rings. The number of fused-ring (bicyclic) bond motifs is 7. The molecule has 7 nitrogen and oxygen atoms in total. The number of anilines is 4. The minimum atomic E-state index is -0.155. The lowest BCUT2D eigenvalue weighted by Crippen LogP contribution is -2.25. The quantitative estimate of drug-likeness (QED) is 0.137. The van der Waals surface area contributed by atoms with E-state index in [-0.39, 0.29) is 21.7 Å². The molecule has 13 aromatic rings. The van der Waals surface area contributed by atoms with Crippen molar-refractivity contribution in [3.05, 3.63) is 259 Å². The number of aromatic nitrogens is 4. The van der Waals surface area contributed by atoms with Crippen LogP contribution in [0.2, 0.25) is 0 Å². The molecule has 5 heterocycles. The van der Waals surface area contributed by atoms with Crippen LogP contribution in [0.25, 0.3) is 94.3 Å². The summed E-state index contributed by atoms with van der Waals surface area (Å²) in [4.78, 5) is 15.7. The van der Waals surface area contributed by atoms with Gasteiger partial charge in [-0.3, -0.25) is 4.57 Å². The van der Waals surface area contributed by atoms with Gasteiger partial charge in [0, 0.05) is 58.9 Å². The number of ether oxygens (including phenoxy) is 1. The molecule has 2 aliphatic heterocycles. The first kappa shape index (κ1) is 60.3. The topological polar surface area (TPSA) is 51.4 Å². The summed E-state index contributed by atoms with van der Waals surface area (Å²) >= 11 is 0. The van der Waals surface area contributed by atoms with Crippen LogP contribution in [0.1, 0.15) is 124 Å². The standard InChI is InChI=1S/C87H84N6O/c1-84(2,3)61-37-33-58(34-38-61)72-48-64(87(10,11)12)49-73(59-35-39-62(40-36-59)85(4,5)6)83(72)92-55-91(78-53-74-77(54-79(78)92)90-45-22-21-32-80(90)89-74)65-46-60(82-68(56-24-15-13-16-25-56)29-23-30-69(82)57-26-17-14-18-27-57)47-67(51-65)94-66-41-42-71-70-28-19-20-31-75(70)93(76(71)52-66)81-50-63(43-44-88-81)86(7,8)9/h13-20,23-31,33-44,46-54H,21-22,32,45,55H2,1-12H3. The molecule has 15 rings (SSSR count). The van der Waals surface area contributed by atoms with Gasteiger partial charge in [-0.05, 0) is 168 Å². The second-order valence-electron chi connectivity index (χ2n) is 30.3. The highest BCUT2D eigenvalue weighted by molar-refractivity contribution is 6.10. The molecule has 0 amide bonds. The maximum Gasteiger partial charge on any atom is 0.137 e. The summed E-state index contributed by atoms with van der Waals surface area (Å²) in [7, 11) is 0. The molecular formula is C87H84N6O. The van der Waals surface area contributed by atoms with Gasteiger partial charge < -0.3 is 19.1 Å². The van der Waals surface area contributed by atoms with Gasteiger partial charge in [-0.25, -0.2) is 9.97 Å². The van der Waals surface area contributed by atoms with Gasteiger partial charge in [-0.2, -0.15) is 0 Å². The summed E-state index contributed by atoms with van der Waals surface area (Å²) in [6.45, 7) is 29.1. The van der Waals surface area contributed by atoms with Crippen LogP contribution in [0.5, 0.6) is 11.5 Å². The van der Waals surface area contributed by atoms with E-state index >= 15 is 0 Å². The van der Waals surface area contributed by atoms with Crippen LogP contribution in [0, 0.1) is 0 Å². The van der Waals surface area contributed by atoms with Gasteiger partial charge in [0.1, 0.15) is 29.8 Å². The molecule has 0 saturated carbocycles. The van der Waals surface area contributed by atoms with Crippen LogP contribution in [-0.2, 0) is 34.6 Å². The van der Waals surface area contributed by atoms with Gasteiger partial charge in [0.2, 0.25) is 0 Å². The van der Waals surface area contributed by atoms with Crippen molar-refractivity contribution in [3.8, 4) is 73.0 Å². The first-order valence-corrected chi connectivity index (χ1v) is 33.7. The predicted octanol–water partition coefficient (Wildman–Crippen LogP) is 23.4. The second-order valence-corrected chi connectivity index (χ2v) is 30.3. The number of para-hydroxylation sites is 1. The smallest absolute Gasteiger partial charge is 0.137 e. The van der Waals surface area contributed by atoms with Gasteiger partial charge in [0.25, 0.3) is 0 Å². The zero-order valence-corrected chi connectivity index (χ0v) is 56.6. The molecule has 0 aliphatic carbocycles.